The number of anilines is 1. The van der Waals surface area contributed by atoms with Crippen LogP contribution in [0.5, 0.6) is 0 Å². The molecule has 2 saturated heterocycles. The van der Waals surface area contributed by atoms with Gasteiger partial charge in [-0.25, -0.2) is 4.79 Å². The summed E-state index contributed by atoms with van der Waals surface area (Å²) in [6.07, 6.45) is 3.50. The van der Waals surface area contributed by atoms with Crippen LogP contribution in [0, 0.1) is 5.92 Å². The summed E-state index contributed by atoms with van der Waals surface area (Å²) >= 11 is 0. The highest BCUT2D eigenvalue weighted by molar-refractivity contribution is 5.96. The van der Waals surface area contributed by atoms with Gasteiger partial charge >= 0.3 is 5.76 Å². The van der Waals surface area contributed by atoms with Gasteiger partial charge in [0.1, 0.15) is 12.6 Å². The second kappa shape index (κ2) is 7.79. The molecule has 1 aromatic carbocycles. The van der Waals surface area contributed by atoms with E-state index in [1.54, 1.807) is 23.1 Å². The first-order chi connectivity index (χ1) is 13.5. The fourth-order valence-corrected chi connectivity index (χ4v) is 3.91. The van der Waals surface area contributed by atoms with Crippen LogP contribution in [0.3, 0.4) is 0 Å². The van der Waals surface area contributed by atoms with Gasteiger partial charge in [-0.05, 0) is 49.8 Å². The number of piperidine rings is 1. The Labute approximate surface area is 162 Å². The number of rotatable bonds is 4. The standard InChI is InChI=1S/C20H25N3O5/c1-13-7-10-27-18(13)19(25)21-14-5-6-16-15(11-14)23(20(26)28-16)12-17(24)22-8-3-2-4-9-22/h5-6,11,13,18H,2-4,7-10,12H2,1H3,(H,21,25)/t13-,18-/m0/s1. The molecule has 0 unspecified atom stereocenters. The van der Waals surface area contributed by atoms with Gasteiger partial charge < -0.3 is 19.4 Å². The molecule has 8 heteroatoms. The molecule has 2 aliphatic heterocycles. The van der Waals surface area contributed by atoms with Crippen LogP contribution < -0.4 is 11.1 Å². The van der Waals surface area contributed by atoms with Crippen molar-refractivity contribution in [3.05, 3.63) is 28.7 Å². The number of aromatic nitrogens is 1. The summed E-state index contributed by atoms with van der Waals surface area (Å²) in [5.41, 5.74) is 1.42. The van der Waals surface area contributed by atoms with Gasteiger partial charge in [-0.2, -0.15) is 0 Å². The monoisotopic (exact) mass is 387 g/mol. The molecule has 0 aliphatic carbocycles. The van der Waals surface area contributed by atoms with Crippen molar-refractivity contribution in [1.82, 2.24) is 9.47 Å². The van der Waals surface area contributed by atoms with Crippen molar-refractivity contribution < 1.29 is 18.7 Å². The van der Waals surface area contributed by atoms with Crippen LogP contribution in [-0.2, 0) is 20.9 Å². The number of hydrogen-bond acceptors (Lipinski definition) is 5. The molecule has 2 aliphatic rings. The lowest BCUT2D eigenvalue weighted by Gasteiger charge is -2.26. The normalized spacial score (nSPS) is 22.5. The van der Waals surface area contributed by atoms with E-state index in [2.05, 4.69) is 5.32 Å². The Kier molecular flexibility index (Phi) is 5.21. The Morgan fingerprint density at radius 2 is 2.00 bits per heavy atom. The Bertz CT molecular complexity index is 941. The molecule has 3 heterocycles. The number of nitrogens with one attached hydrogen (secondary N) is 1. The molecule has 2 aromatic rings. The minimum absolute atomic E-state index is 0.0635. The highest BCUT2D eigenvalue weighted by Crippen LogP contribution is 2.23. The minimum Gasteiger partial charge on any atom is -0.408 e. The van der Waals surface area contributed by atoms with Crippen molar-refractivity contribution in [3.63, 3.8) is 0 Å². The number of carbonyl (C=O) groups excluding carboxylic acids is 2. The van der Waals surface area contributed by atoms with Gasteiger partial charge in [-0.3, -0.25) is 14.2 Å². The van der Waals surface area contributed by atoms with Crippen molar-refractivity contribution in [2.24, 2.45) is 5.92 Å². The van der Waals surface area contributed by atoms with E-state index >= 15 is 0 Å². The van der Waals surface area contributed by atoms with E-state index in [0.29, 0.717) is 23.4 Å². The number of oxazole rings is 1. The number of fused-ring (bicyclic) bond motifs is 1. The average Bonchev–Trinajstić information content (AvgIpc) is 3.26. The molecular formula is C20H25N3O5. The van der Waals surface area contributed by atoms with E-state index in [-0.39, 0.29) is 24.3 Å². The molecule has 2 amide bonds. The summed E-state index contributed by atoms with van der Waals surface area (Å²) in [7, 11) is 0. The fourth-order valence-electron chi connectivity index (χ4n) is 3.91. The lowest BCUT2D eigenvalue weighted by atomic mass is 10.0. The molecular weight excluding hydrogens is 362 g/mol. The van der Waals surface area contributed by atoms with E-state index in [1.165, 1.54) is 4.57 Å². The van der Waals surface area contributed by atoms with Crippen molar-refractivity contribution in [2.45, 2.75) is 45.3 Å². The van der Waals surface area contributed by atoms with E-state index in [4.69, 9.17) is 9.15 Å². The number of carbonyl (C=O) groups is 2. The van der Waals surface area contributed by atoms with Gasteiger partial charge in [0.25, 0.3) is 5.91 Å². The molecule has 0 bridgehead atoms. The fraction of sp³-hybridized carbons (Fsp3) is 0.550. The number of hydrogen-bond donors (Lipinski definition) is 1. The predicted octanol–water partition coefficient (Wildman–Crippen LogP) is 1.97. The lowest BCUT2D eigenvalue weighted by molar-refractivity contribution is -0.132. The summed E-state index contributed by atoms with van der Waals surface area (Å²) in [4.78, 5) is 39.1. The highest BCUT2D eigenvalue weighted by atomic mass is 16.5. The summed E-state index contributed by atoms with van der Waals surface area (Å²) in [6.45, 7) is 3.96. The molecule has 0 spiro atoms. The SMILES string of the molecule is C[C@H]1CCO[C@@H]1C(=O)Nc1ccc2oc(=O)n(CC(=O)N3CCCCC3)c2c1. The highest BCUT2D eigenvalue weighted by Gasteiger charge is 2.31. The molecule has 28 heavy (non-hydrogen) atoms. The second-order valence-corrected chi connectivity index (χ2v) is 7.62. The first-order valence-electron chi connectivity index (χ1n) is 9.86. The van der Waals surface area contributed by atoms with E-state index in [1.807, 2.05) is 6.92 Å². The molecule has 150 valence electrons. The number of nitrogens with zero attached hydrogens (tertiary/aromatic N) is 2. The van der Waals surface area contributed by atoms with Gasteiger partial charge in [0.05, 0.1) is 5.52 Å². The molecule has 1 aromatic heterocycles. The molecule has 2 fully saturated rings. The summed E-state index contributed by atoms with van der Waals surface area (Å²) < 4.78 is 12.1. The van der Waals surface area contributed by atoms with Crippen LogP contribution in [0.15, 0.2) is 27.4 Å². The van der Waals surface area contributed by atoms with Gasteiger partial charge in [0, 0.05) is 25.4 Å². The van der Waals surface area contributed by atoms with Crippen molar-refractivity contribution in [1.29, 1.82) is 0 Å². The zero-order valence-corrected chi connectivity index (χ0v) is 16.0. The Hall–Kier alpha value is -2.61. The van der Waals surface area contributed by atoms with Crippen LogP contribution in [-0.4, -0.2) is 47.1 Å². The van der Waals surface area contributed by atoms with Crippen LogP contribution in [0.4, 0.5) is 5.69 Å². The molecule has 1 N–H and O–H groups in total. The summed E-state index contributed by atoms with van der Waals surface area (Å²) in [6, 6.07) is 4.98. The second-order valence-electron chi connectivity index (χ2n) is 7.62. The third-order valence-electron chi connectivity index (χ3n) is 5.58. The van der Waals surface area contributed by atoms with E-state index in [0.717, 1.165) is 38.8 Å². The van der Waals surface area contributed by atoms with Crippen LogP contribution in [0.25, 0.3) is 11.1 Å². The number of ether oxygens (including phenoxy) is 1. The van der Waals surface area contributed by atoms with Gasteiger partial charge in [-0.1, -0.05) is 6.92 Å². The number of amides is 2. The zero-order chi connectivity index (χ0) is 19.7. The van der Waals surface area contributed by atoms with Gasteiger partial charge in [0.2, 0.25) is 5.91 Å². The van der Waals surface area contributed by atoms with Crippen molar-refractivity contribution in [3.8, 4) is 0 Å². The molecule has 2 atom stereocenters. The van der Waals surface area contributed by atoms with Gasteiger partial charge in [0.15, 0.2) is 5.58 Å². The summed E-state index contributed by atoms with van der Waals surface area (Å²) in [5.74, 6) is -0.701. The quantitative estimate of drug-likeness (QED) is 0.866. The average molecular weight is 387 g/mol. The minimum atomic E-state index is -0.573. The maximum atomic E-state index is 12.6. The molecule has 8 nitrogen and oxygen atoms in total. The maximum Gasteiger partial charge on any atom is 0.420 e. The molecule has 0 saturated carbocycles. The zero-order valence-electron chi connectivity index (χ0n) is 16.0. The van der Waals surface area contributed by atoms with E-state index in [9.17, 15) is 14.4 Å². The Morgan fingerprint density at radius 1 is 1.21 bits per heavy atom. The maximum absolute atomic E-state index is 12.6. The molecule has 0 radical (unpaired) electrons. The van der Waals surface area contributed by atoms with Crippen molar-refractivity contribution in [2.75, 3.05) is 25.0 Å². The van der Waals surface area contributed by atoms with Gasteiger partial charge in [-0.15, -0.1) is 0 Å². The smallest absolute Gasteiger partial charge is 0.408 e. The first kappa shape index (κ1) is 18.7. The van der Waals surface area contributed by atoms with E-state index < -0.39 is 11.9 Å². The first-order valence-corrected chi connectivity index (χ1v) is 9.86. The van der Waals surface area contributed by atoms with Crippen LogP contribution in [0.1, 0.15) is 32.6 Å². The Balaban J connectivity index is 1.55. The predicted molar refractivity (Wildman–Crippen MR) is 103 cm³/mol. The summed E-state index contributed by atoms with van der Waals surface area (Å²) in [5, 5.41) is 2.84. The van der Waals surface area contributed by atoms with Crippen molar-refractivity contribution >= 4 is 28.6 Å². The van der Waals surface area contributed by atoms with Crippen LogP contribution >= 0.6 is 0 Å². The Morgan fingerprint density at radius 3 is 2.71 bits per heavy atom. The third kappa shape index (κ3) is 3.69. The third-order valence-corrected chi connectivity index (χ3v) is 5.58. The topological polar surface area (TPSA) is 93.8 Å². The largest absolute Gasteiger partial charge is 0.420 e. The lowest BCUT2D eigenvalue weighted by Crippen LogP contribution is -2.39. The number of benzene rings is 1. The number of likely N-dealkylation sites (tertiary alicyclic amines) is 1. The van der Waals surface area contributed by atoms with Crippen LogP contribution in [0.2, 0.25) is 0 Å². The molecule has 4 rings (SSSR count).